The molecule has 2 amide bonds. The summed E-state index contributed by atoms with van der Waals surface area (Å²) in [5, 5.41) is 6.84. The zero-order valence-corrected chi connectivity index (χ0v) is 13.2. The number of amides is 2. The summed E-state index contributed by atoms with van der Waals surface area (Å²) in [6.45, 7) is 7.32. The van der Waals surface area contributed by atoms with Crippen LogP contribution in [0.15, 0.2) is 0 Å². The number of hydrogen-bond donors (Lipinski definition) is 2. The fourth-order valence-corrected chi connectivity index (χ4v) is 3.48. The van der Waals surface area contributed by atoms with Gasteiger partial charge in [0.2, 0.25) is 0 Å². The highest BCUT2D eigenvalue weighted by Crippen LogP contribution is 2.20. The first-order valence-electron chi connectivity index (χ1n) is 8.49. The van der Waals surface area contributed by atoms with Gasteiger partial charge in [0.15, 0.2) is 0 Å². The van der Waals surface area contributed by atoms with E-state index in [0.717, 1.165) is 38.9 Å². The summed E-state index contributed by atoms with van der Waals surface area (Å²) >= 11 is 0. The third-order valence-electron chi connectivity index (χ3n) is 4.78. The van der Waals surface area contributed by atoms with Crippen LogP contribution in [0.25, 0.3) is 0 Å². The molecule has 2 atom stereocenters. The molecule has 1 heterocycles. The molecule has 116 valence electrons. The second-order valence-corrected chi connectivity index (χ2v) is 6.56. The highest BCUT2D eigenvalue weighted by molar-refractivity contribution is 5.74. The summed E-state index contributed by atoms with van der Waals surface area (Å²) in [5.74, 6) is 0.549. The van der Waals surface area contributed by atoms with Gasteiger partial charge in [0.25, 0.3) is 0 Å². The minimum atomic E-state index is 0.165. The first-order valence-corrected chi connectivity index (χ1v) is 8.49. The summed E-state index contributed by atoms with van der Waals surface area (Å²) in [7, 11) is 0. The first-order chi connectivity index (χ1) is 9.70. The standard InChI is InChI=1S/C16H31N3O/c1-3-10-17-15-9-11-19(12-13(15)2)16(20)18-14-7-5-4-6-8-14/h13-15,17H,3-12H2,1-2H3,(H,18,20). The Labute approximate surface area is 123 Å². The number of rotatable bonds is 4. The molecular formula is C16H31N3O. The lowest BCUT2D eigenvalue weighted by atomic mass is 9.93. The van der Waals surface area contributed by atoms with Gasteiger partial charge < -0.3 is 15.5 Å². The molecule has 2 N–H and O–H groups in total. The second-order valence-electron chi connectivity index (χ2n) is 6.56. The number of hydrogen-bond acceptors (Lipinski definition) is 2. The van der Waals surface area contributed by atoms with Gasteiger partial charge in [0, 0.05) is 25.2 Å². The van der Waals surface area contributed by atoms with Gasteiger partial charge in [-0.05, 0) is 38.1 Å². The van der Waals surface area contributed by atoms with Crippen LogP contribution < -0.4 is 10.6 Å². The van der Waals surface area contributed by atoms with E-state index in [1.54, 1.807) is 0 Å². The van der Waals surface area contributed by atoms with Gasteiger partial charge in [-0.1, -0.05) is 33.1 Å². The van der Waals surface area contributed by atoms with Crippen molar-refractivity contribution in [1.82, 2.24) is 15.5 Å². The molecule has 0 aromatic heterocycles. The van der Waals surface area contributed by atoms with Crippen molar-refractivity contribution in [2.75, 3.05) is 19.6 Å². The molecular weight excluding hydrogens is 250 g/mol. The van der Waals surface area contributed by atoms with E-state index in [4.69, 9.17) is 0 Å². The largest absolute Gasteiger partial charge is 0.335 e. The molecule has 1 aliphatic heterocycles. The van der Waals surface area contributed by atoms with Gasteiger partial charge >= 0.3 is 6.03 Å². The molecule has 2 fully saturated rings. The van der Waals surface area contributed by atoms with Crippen LogP contribution in [0.3, 0.4) is 0 Å². The Morgan fingerprint density at radius 2 is 1.95 bits per heavy atom. The number of urea groups is 1. The van der Waals surface area contributed by atoms with Gasteiger partial charge in [-0.15, -0.1) is 0 Å². The van der Waals surface area contributed by atoms with Crippen LogP contribution >= 0.6 is 0 Å². The van der Waals surface area contributed by atoms with Crippen molar-refractivity contribution >= 4 is 6.03 Å². The predicted molar refractivity (Wildman–Crippen MR) is 82.8 cm³/mol. The van der Waals surface area contributed by atoms with E-state index in [2.05, 4.69) is 24.5 Å². The van der Waals surface area contributed by atoms with Crippen LogP contribution in [0, 0.1) is 5.92 Å². The topological polar surface area (TPSA) is 44.4 Å². The smallest absolute Gasteiger partial charge is 0.317 e. The minimum absolute atomic E-state index is 0.165. The quantitative estimate of drug-likeness (QED) is 0.832. The SMILES string of the molecule is CCCNC1CCN(C(=O)NC2CCCCC2)CC1C. The van der Waals surface area contributed by atoms with Crippen molar-refractivity contribution < 1.29 is 4.79 Å². The maximum absolute atomic E-state index is 12.3. The molecule has 1 saturated carbocycles. The molecule has 0 aromatic rings. The normalized spacial score (nSPS) is 28.4. The molecule has 4 heteroatoms. The summed E-state index contributed by atoms with van der Waals surface area (Å²) in [4.78, 5) is 14.3. The maximum atomic E-state index is 12.3. The number of nitrogens with one attached hydrogen (secondary N) is 2. The monoisotopic (exact) mass is 281 g/mol. The Bertz CT molecular complexity index is 302. The Morgan fingerprint density at radius 3 is 2.60 bits per heavy atom. The van der Waals surface area contributed by atoms with E-state index < -0.39 is 0 Å². The highest BCUT2D eigenvalue weighted by Gasteiger charge is 2.29. The van der Waals surface area contributed by atoms with Crippen LogP contribution in [0.1, 0.15) is 58.8 Å². The van der Waals surface area contributed by atoms with Crippen LogP contribution in [-0.2, 0) is 0 Å². The predicted octanol–water partition coefficient (Wildman–Crippen LogP) is 2.74. The van der Waals surface area contributed by atoms with Crippen LogP contribution in [0.5, 0.6) is 0 Å². The molecule has 2 rings (SSSR count). The van der Waals surface area contributed by atoms with Crippen molar-refractivity contribution in [3.05, 3.63) is 0 Å². The van der Waals surface area contributed by atoms with E-state index in [1.165, 1.54) is 25.7 Å². The van der Waals surface area contributed by atoms with Crippen molar-refractivity contribution in [1.29, 1.82) is 0 Å². The fourth-order valence-electron chi connectivity index (χ4n) is 3.48. The van der Waals surface area contributed by atoms with Gasteiger partial charge in [-0.3, -0.25) is 0 Å². The summed E-state index contributed by atoms with van der Waals surface area (Å²) in [5.41, 5.74) is 0. The lowest BCUT2D eigenvalue weighted by Gasteiger charge is -2.38. The molecule has 0 radical (unpaired) electrons. The summed E-state index contributed by atoms with van der Waals surface area (Å²) in [6.07, 6.45) is 8.45. The lowest BCUT2D eigenvalue weighted by molar-refractivity contribution is 0.145. The van der Waals surface area contributed by atoms with Crippen molar-refractivity contribution in [3.8, 4) is 0 Å². The summed E-state index contributed by atoms with van der Waals surface area (Å²) < 4.78 is 0. The average Bonchev–Trinajstić information content (AvgIpc) is 2.47. The zero-order valence-electron chi connectivity index (χ0n) is 13.2. The van der Waals surface area contributed by atoms with Crippen LogP contribution in [-0.4, -0.2) is 42.6 Å². The van der Waals surface area contributed by atoms with E-state index in [-0.39, 0.29) is 6.03 Å². The van der Waals surface area contributed by atoms with Gasteiger partial charge in [-0.25, -0.2) is 4.79 Å². The lowest BCUT2D eigenvalue weighted by Crippen LogP contribution is -2.54. The Hall–Kier alpha value is -0.770. The zero-order chi connectivity index (χ0) is 14.4. The van der Waals surface area contributed by atoms with Gasteiger partial charge in [0.05, 0.1) is 0 Å². The minimum Gasteiger partial charge on any atom is -0.335 e. The van der Waals surface area contributed by atoms with E-state index >= 15 is 0 Å². The van der Waals surface area contributed by atoms with E-state index in [1.807, 2.05) is 4.90 Å². The Morgan fingerprint density at radius 1 is 1.20 bits per heavy atom. The van der Waals surface area contributed by atoms with Gasteiger partial charge in [0.1, 0.15) is 0 Å². The molecule has 2 unspecified atom stereocenters. The second kappa shape index (κ2) is 7.87. The number of carbonyl (C=O) groups excluding carboxylic acids is 1. The maximum Gasteiger partial charge on any atom is 0.317 e. The summed E-state index contributed by atoms with van der Waals surface area (Å²) in [6, 6.07) is 1.16. The van der Waals surface area contributed by atoms with Crippen molar-refractivity contribution in [2.24, 2.45) is 5.92 Å². The van der Waals surface area contributed by atoms with Crippen molar-refractivity contribution in [2.45, 2.75) is 70.9 Å². The molecule has 1 saturated heterocycles. The average molecular weight is 281 g/mol. The molecule has 1 aliphatic carbocycles. The molecule has 2 aliphatic rings. The molecule has 20 heavy (non-hydrogen) atoms. The molecule has 0 aromatic carbocycles. The molecule has 0 spiro atoms. The number of carbonyl (C=O) groups is 1. The van der Waals surface area contributed by atoms with Crippen molar-refractivity contribution in [3.63, 3.8) is 0 Å². The van der Waals surface area contributed by atoms with Crippen LogP contribution in [0.2, 0.25) is 0 Å². The Balaban J connectivity index is 1.74. The van der Waals surface area contributed by atoms with E-state index in [9.17, 15) is 4.79 Å². The molecule has 0 bridgehead atoms. The fraction of sp³-hybridized carbons (Fsp3) is 0.938. The first kappa shape index (κ1) is 15.6. The highest BCUT2D eigenvalue weighted by atomic mass is 16.2. The van der Waals surface area contributed by atoms with Crippen LogP contribution in [0.4, 0.5) is 4.79 Å². The number of likely N-dealkylation sites (tertiary alicyclic amines) is 1. The number of nitrogens with zero attached hydrogens (tertiary/aromatic N) is 1. The molecule has 4 nitrogen and oxygen atoms in total. The third kappa shape index (κ3) is 4.37. The number of piperidine rings is 1. The van der Waals surface area contributed by atoms with E-state index in [0.29, 0.717) is 18.0 Å². The van der Waals surface area contributed by atoms with Gasteiger partial charge in [-0.2, -0.15) is 0 Å². The Kier molecular flexibility index (Phi) is 6.14. The third-order valence-corrected chi connectivity index (χ3v) is 4.78.